The third kappa shape index (κ3) is 2.13. The molecule has 3 rings (SSSR count). The molecule has 1 N–H and O–H groups in total. The van der Waals surface area contributed by atoms with Crippen LogP contribution in [0.5, 0.6) is 0 Å². The smallest absolute Gasteiger partial charge is 0.183 e. The summed E-state index contributed by atoms with van der Waals surface area (Å²) in [5, 5.41) is 1.01. The highest BCUT2D eigenvalue weighted by Crippen LogP contribution is 2.18. The third-order valence-electron chi connectivity index (χ3n) is 3.10. The maximum Gasteiger partial charge on any atom is 0.183 e. The summed E-state index contributed by atoms with van der Waals surface area (Å²) in [7, 11) is 0. The first-order valence-corrected chi connectivity index (χ1v) is 6.79. The number of fused-ring (bicyclic) bond motifs is 1. The van der Waals surface area contributed by atoms with Gasteiger partial charge in [0.25, 0.3) is 0 Å². The molecule has 0 fully saturated rings. The zero-order valence-electron chi connectivity index (χ0n) is 10.4. The molecule has 2 nitrogen and oxygen atoms in total. The fourth-order valence-corrected chi connectivity index (χ4v) is 2.83. The summed E-state index contributed by atoms with van der Waals surface area (Å²) in [5.74, 6) is 0. The summed E-state index contributed by atoms with van der Waals surface area (Å²) in [5.41, 5.74) is 3.18. The number of para-hydroxylation sites is 1. The van der Waals surface area contributed by atoms with Crippen molar-refractivity contribution in [3.63, 3.8) is 0 Å². The van der Waals surface area contributed by atoms with E-state index in [1.165, 1.54) is 5.56 Å². The number of rotatable bonds is 1. The van der Waals surface area contributed by atoms with Crippen molar-refractivity contribution in [3.05, 3.63) is 63.5 Å². The number of benzene rings is 2. The topological polar surface area (TPSA) is 20.7 Å². The standard InChI is InChI=1S/C15H12N2S2/c1-10-6-8-11(9-7-10)17-14(18)12-4-2-3-5-13(12)16-15(17)19/h2-9H,1H3,(H,16,19). The van der Waals surface area contributed by atoms with Gasteiger partial charge in [0, 0.05) is 11.1 Å². The molecule has 19 heavy (non-hydrogen) atoms. The summed E-state index contributed by atoms with van der Waals surface area (Å²) < 4.78 is 3.25. The van der Waals surface area contributed by atoms with Gasteiger partial charge in [-0.05, 0) is 43.4 Å². The van der Waals surface area contributed by atoms with E-state index in [4.69, 9.17) is 24.4 Å². The Labute approximate surface area is 121 Å². The van der Waals surface area contributed by atoms with Crippen LogP contribution in [-0.4, -0.2) is 9.55 Å². The number of aromatic nitrogens is 2. The minimum absolute atomic E-state index is 0.618. The van der Waals surface area contributed by atoms with Crippen molar-refractivity contribution < 1.29 is 0 Å². The van der Waals surface area contributed by atoms with E-state index in [2.05, 4.69) is 24.0 Å². The van der Waals surface area contributed by atoms with Gasteiger partial charge in [-0.1, -0.05) is 42.0 Å². The molecule has 1 aromatic heterocycles. The highest BCUT2D eigenvalue weighted by molar-refractivity contribution is 7.72. The molecule has 0 aliphatic heterocycles. The summed E-state index contributed by atoms with van der Waals surface area (Å²) in [6.45, 7) is 2.06. The molecule has 0 spiro atoms. The first-order chi connectivity index (χ1) is 9.16. The summed E-state index contributed by atoms with van der Waals surface area (Å²) >= 11 is 11.0. The second kappa shape index (κ2) is 4.72. The van der Waals surface area contributed by atoms with Crippen LogP contribution in [0.1, 0.15) is 5.56 Å². The molecular formula is C15H12N2S2. The SMILES string of the molecule is Cc1ccc(-n2c(=S)[nH]c3ccccc3c2=S)cc1. The highest BCUT2D eigenvalue weighted by atomic mass is 32.1. The zero-order valence-corrected chi connectivity index (χ0v) is 12.0. The largest absolute Gasteiger partial charge is 0.331 e. The van der Waals surface area contributed by atoms with E-state index in [0.29, 0.717) is 4.77 Å². The minimum atomic E-state index is 0.618. The van der Waals surface area contributed by atoms with E-state index < -0.39 is 0 Å². The molecule has 4 heteroatoms. The molecule has 0 unspecified atom stereocenters. The Kier molecular flexibility index (Phi) is 3.05. The highest BCUT2D eigenvalue weighted by Gasteiger charge is 2.03. The molecule has 2 aromatic carbocycles. The van der Waals surface area contributed by atoms with Gasteiger partial charge in [-0.2, -0.15) is 0 Å². The van der Waals surface area contributed by atoms with Crippen LogP contribution < -0.4 is 0 Å². The van der Waals surface area contributed by atoms with Crippen LogP contribution in [0.4, 0.5) is 0 Å². The van der Waals surface area contributed by atoms with Gasteiger partial charge < -0.3 is 4.98 Å². The zero-order chi connectivity index (χ0) is 13.4. The van der Waals surface area contributed by atoms with Gasteiger partial charge in [-0.15, -0.1) is 0 Å². The maximum atomic E-state index is 5.57. The second-order valence-electron chi connectivity index (χ2n) is 4.45. The van der Waals surface area contributed by atoms with Gasteiger partial charge in [0.15, 0.2) is 4.77 Å². The number of hydrogen-bond donors (Lipinski definition) is 1. The number of hydrogen-bond acceptors (Lipinski definition) is 2. The van der Waals surface area contributed by atoms with E-state index in [-0.39, 0.29) is 0 Å². The average Bonchev–Trinajstić information content (AvgIpc) is 2.41. The lowest BCUT2D eigenvalue weighted by atomic mass is 10.2. The Balaban J connectivity index is 2.39. The molecule has 0 amide bonds. The van der Waals surface area contributed by atoms with Crippen molar-refractivity contribution in [2.45, 2.75) is 6.92 Å². The lowest BCUT2D eigenvalue weighted by Gasteiger charge is -2.10. The molecule has 0 saturated carbocycles. The van der Waals surface area contributed by atoms with Crippen LogP contribution in [-0.2, 0) is 0 Å². The van der Waals surface area contributed by atoms with Gasteiger partial charge in [0.05, 0.1) is 5.52 Å². The van der Waals surface area contributed by atoms with E-state index in [9.17, 15) is 0 Å². The number of H-pyrrole nitrogens is 1. The number of aromatic amines is 1. The van der Waals surface area contributed by atoms with Crippen LogP contribution in [0.15, 0.2) is 48.5 Å². The van der Waals surface area contributed by atoms with Crippen molar-refractivity contribution in [3.8, 4) is 5.69 Å². The molecule has 0 aliphatic carbocycles. The van der Waals surface area contributed by atoms with Crippen molar-refractivity contribution >= 4 is 35.3 Å². The normalized spacial score (nSPS) is 10.8. The van der Waals surface area contributed by atoms with Crippen molar-refractivity contribution in [2.24, 2.45) is 0 Å². The van der Waals surface area contributed by atoms with Gasteiger partial charge in [-0.3, -0.25) is 4.57 Å². The molecule has 0 aliphatic rings. The van der Waals surface area contributed by atoms with Crippen molar-refractivity contribution in [1.29, 1.82) is 0 Å². The predicted octanol–water partition coefficient (Wildman–Crippen LogP) is 4.73. The van der Waals surface area contributed by atoms with E-state index in [1.54, 1.807) is 0 Å². The van der Waals surface area contributed by atoms with Crippen LogP contribution in [0, 0.1) is 16.3 Å². The quantitative estimate of drug-likeness (QED) is 0.652. The molecule has 94 valence electrons. The third-order valence-corrected chi connectivity index (χ3v) is 3.78. The summed E-state index contributed by atoms with van der Waals surface area (Å²) in [4.78, 5) is 3.22. The van der Waals surface area contributed by atoms with Gasteiger partial charge in [-0.25, -0.2) is 0 Å². The number of nitrogens with zero attached hydrogens (tertiary/aromatic N) is 1. The Bertz CT molecular complexity index is 858. The van der Waals surface area contributed by atoms with Crippen LogP contribution >= 0.6 is 24.4 Å². The minimum Gasteiger partial charge on any atom is -0.331 e. The number of nitrogens with one attached hydrogen (secondary N) is 1. The molecule has 0 saturated heterocycles. The fraction of sp³-hybridized carbons (Fsp3) is 0.0667. The lowest BCUT2D eigenvalue weighted by molar-refractivity contribution is 0.966. The van der Waals surface area contributed by atoms with Crippen LogP contribution in [0.25, 0.3) is 16.6 Å². The second-order valence-corrected chi connectivity index (χ2v) is 5.23. The van der Waals surface area contributed by atoms with Gasteiger partial charge in [0.2, 0.25) is 0 Å². The summed E-state index contributed by atoms with van der Waals surface area (Å²) in [6.07, 6.45) is 0. The lowest BCUT2D eigenvalue weighted by Crippen LogP contribution is -2.01. The van der Waals surface area contributed by atoms with Crippen molar-refractivity contribution in [2.75, 3.05) is 0 Å². The van der Waals surface area contributed by atoms with Crippen LogP contribution in [0.3, 0.4) is 0 Å². The van der Waals surface area contributed by atoms with Crippen LogP contribution in [0.2, 0.25) is 0 Å². The van der Waals surface area contributed by atoms with E-state index in [0.717, 1.165) is 21.2 Å². The van der Waals surface area contributed by atoms with Gasteiger partial charge >= 0.3 is 0 Å². The molecule has 0 bridgehead atoms. The number of aryl methyl sites for hydroxylation is 1. The Hall–Kier alpha value is -1.78. The molecule has 0 atom stereocenters. The predicted molar refractivity (Wildman–Crippen MR) is 84.0 cm³/mol. The summed E-state index contributed by atoms with van der Waals surface area (Å²) in [6, 6.07) is 16.1. The Morgan fingerprint density at radius 2 is 1.63 bits per heavy atom. The van der Waals surface area contributed by atoms with E-state index >= 15 is 0 Å². The molecule has 0 radical (unpaired) electrons. The van der Waals surface area contributed by atoms with Crippen molar-refractivity contribution in [1.82, 2.24) is 9.55 Å². The van der Waals surface area contributed by atoms with Gasteiger partial charge in [0.1, 0.15) is 4.64 Å². The van der Waals surface area contributed by atoms with E-state index in [1.807, 2.05) is 41.0 Å². The first-order valence-electron chi connectivity index (χ1n) is 5.98. The Morgan fingerprint density at radius 3 is 2.37 bits per heavy atom. The molecular weight excluding hydrogens is 272 g/mol. The maximum absolute atomic E-state index is 5.57. The molecule has 3 aromatic rings. The first kappa shape index (κ1) is 12.3. The fourth-order valence-electron chi connectivity index (χ4n) is 2.09. The molecule has 1 heterocycles. The average molecular weight is 284 g/mol. The monoisotopic (exact) mass is 284 g/mol. The Morgan fingerprint density at radius 1 is 0.947 bits per heavy atom.